The summed E-state index contributed by atoms with van der Waals surface area (Å²) < 4.78 is 1.74. The molecule has 0 aliphatic carbocycles. The Morgan fingerprint density at radius 1 is 1.28 bits per heavy atom. The Morgan fingerprint density at radius 2 is 2.04 bits per heavy atom. The van der Waals surface area contributed by atoms with Gasteiger partial charge in [0.15, 0.2) is 0 Å². The highest BCUT2D eigenvalue weighted by atomic mass is 16.1. The molecule has 1 atom stereocenters. The Balaban J connectivity index is 1.36. The molecule has 25 heavy (non-hydrogen) atoms. The molecular formula is C19H27N5O. The third-order valence-corrected chi connectivity index (χ3v) is 4.77. The third-order valence-electron chi connectivity index (χ3n) is 4.77. The van der Waals surface area contributed by atoms with E-state index in [1.54, 1.807) is 11.0 Å². The van der Waals surface area contributed by atoms with E-state index < -0.39 is 0 Å². The topological polar surface area (TPSA) is 63.1 Å². The van der Waals surface area contributed by atoms with Crippen molar-refractivity contribution in [2.75, 3.05) is 13.1 Å². The van der Waals surface area contributed by atoms with Crippen molar-refractivity contribution in [1.82, 2.24) is 25.0 Å². The highest BCUT2D eigenvalue weighted by molar-refractivity contribution is 5.76. The summed E-state index contributed by atoms with van der Waals surface area (Å²) in [4.78, 5) is 18.7. The van der Waals surface area contributed by atoms with Gasteiger partial charge in [-0.15, -0.1) is 0 Å². The van der Waals surface area contributed by atoms with Crippen LogP contribution in [0.15, 0.2) is 43.0 Å². The van der Waals surface area contributed by atoms with E-state index in [2.05, 4.69) is 50.6 Å². The van der Waals surface area contributed by atoms with Gasteiger partial charge in [-0.2, -0.15) is 5.10 Å². The monoisotopic (exact) mass is 341 g/mol. The SMILES string of the molecule is CC(Cn1cncn1)NC(=O)CC1CCN(Cc2ccccc2)CC1. The van der Waals surface area contributed by atoms with Gasteiger partial charge in [-0.05, 0) is 44.3 Å². The van der Waals surface area contributed by atoms with Crippen LogP contribution < -0.4 is 5.32 Å². The number of rotatable bonds is 7. The van der Waals surface area contributed by atoms with Gasteiger partial charge in [0.25, 0.3) is 0 Å². The molecule has 0 bridgehead atoms. The van der Waals surface area contributed by atoms with Crippen molar-refractivity contribution in [1.29, 1.82) is 0 Å². The lowest BCUT2D eigenvalue weighted by molar-refractivity contribution is -0.123. The summed E-state index contributed by atoms with van der Waals surface area (Å²) in [7, 11) is 0. The maximum absolute atomic E-state index is 12.3. The molecule has 6 heteroatoms. The number of hydrogen-bond donors (Lipinski definition) is 1. The molecule has 1 aliphatic rings. The molecule has 134 valence electrons. The zero-order chi connectivity index (χ0) is 17.5. The van der Waals surface area contributed by atoms with Crippen molar-refractivity contribution < 1.29 is 4.79 Å². The number of amides is 1. The normalized spacial score (nSPS) is 17.3. The molecule has 1 unspecified atom stereocenters. The number of benzene rings is 1. The van der Waals surface area contributed by atoms with E-state index in [1.165, 1.54) is 11.9 Å². The first-order valence-corrected chi connectivity index (χ1v) is 9.07. The van der Waals surface area contributed by atoms with Gasteiger partial charge in [0, 0.05) is 19.0 Å². The predicted molar refractivity (Wildman–Crippen MR) is 96.7 cm³/mol. The molecule has 1 aromatic heterocycles. The summed E-state index contributed by atoms with van der Waals surface area (Å²) in [6.45, 7) is 5.81. The molecule has 1 N–H and O–H groups in total. The molecule has 1 amide bonds. The van der Waals surface area contributed by atoms with Crippen LogP contribution in [-0.2, 0) is 17.9 Å². The lowest BCUT2D eigenvalue weighted by Crippen LogP contribution is -2.39. The Bertz CT molecular complexity index is 635. The minimum atomic E-state index is 0.0624. The number of likely N-dealkylation sites (tertiary alicyclic amines) is 1. The van der Waals surface area contributed by atoms with Crippen LogP contribution in [0.3, 0.4) is 0 Å². The summed E-state index contributed by atoms with van der Waals surface area (Å²) in [6.07, 6.45) is 6.00. The minimum absolute atomic E-state index is 0.0624. The van der Waals surface area contributed by atoms with Gasteiger partial charge < -0.3 is 5.32 Å². The second-order valence-corrected chi connectivity index (χ2v) is 7.00. The molecule has 2 aromatic rings. The number of piperidine rings is 1. The predicted octanol–water partition coefficient (Wildman–Crippen LogP) is 2.09. The lowest BCUT2D eigenvalue weighted by Gasteiger charge is -2.32. The highest BCUT2D eigenvalue weighted by Gasteiger charge is 2.22. The summed E-state index contributed by atoms with van der Waals surface area (Å²) in [5, 5.41) is 7.15. The molecule has 1 saturated heterocycles. The molecule has 1 aliphatic heterocycles. The van der Waals surface area contributed by atoms with Gasteiger partial charge in [-0.25, -0.2) is 4.98 Å². The highest BCUT2D eigenvalue weighted by Crippen LogP contribution is 2.21. The van der Waals surface area contributed by atoms with Crippen LogP contribution in [0.25, 0.3) is 0 Å². The molecule has 0 radical (unpaired) electrons. The summed E-state index contributed by atoms with van der Waals surface area (Å²) in [5.41, 5.74) is 1.36. The summed E-state index contributed by atoms with van der Waals surface area (Å²) >= 11 is 0. The van der Waals surface area contributed by atoms with E-state index in [4.69, 9.17) is 0 Å². The fourth-order valence-electron chi connectivity index (χ4n) is 3.44. The maximum Gasteiger partial charge on any atom is 0.220 e. The standard InChI is InChI=1S/C19H27N5O/c1-16(12-24-15-20-14-21-24)22-19(25)11-17-7-9-23(10-8-17)13-18-5-3-2-4-6-18/h2-6,14-17H,7-13H2,1H3,(H,22,25). The quantitative estimate of drug-likeness (QED) is 0.837. The van der Waals surface area contributed by atoms with Crippen molar-refractivity contribution in [3.8, 4) is 0 Å². The second kappa shape index (κ2) is 8.76. The van der Waals surface area contributed by atoms with E-state index >= 15 is 0 Å². The van der Waals surface area contributed by atoms with E-state index in [9.17, 15) is 4.79 Å². The fourth-order valence-corrected chi connectivity index (χ4v) is 3.44. The van der Waals surface area contributed by atoms with E-state index in [-0.39, 0.29) is 11.9 Å². The zero-order valence-electron chi connectivity index (χ0n) is 14.8. The molecule has 3 rings (SSSR count). The maximum atomic E-state index is 12.3. The molecule has 1 fully saturated rings. The molecule has 2 heterocycles. The number of hydrogen-bond acceptors (Lipinski definition) is 4. The minimum Gasteiger partial charge on any atom is -0.352 e. The Labute approximate surface area is 149 Å². The molecular weight excluding hydrogens is 314 g/mol. The third kappa shape index (κ3) is 5.67. The van der Waals surface area contributed by atoms with E-state index in [1.807, 2.05) is 6.92 Å². The van der Waals surface area contributed by atoms with Crippen LogP contribution >= 0.6 is 0 Å². The average Bonchev–Trinajstić information content (AvgIpc) is 3.10. The average molecular weight is 341 g/mol. The van der Waals surface area contributed by atoms with Crippen molar-refractivity contribution in [2.24, 2.45) is 5.92 Å². The van der Waals surface area contributed by atoms with Crippen LogP contribution in [0.5, 0.6) is 0 Å². The number of nitrogens with zero attached hydrogens (tertiary/aromatic N) is 4. The summed E-state index contributed by atoms with van der Waals surface area (Å²) in [5.74, 6) is 0.639. The van der Waals surface area contributed by atoms with Crippen LogP contribution in [0.1, 0.15) is 31.7 Å². The Kier molecular flexibility index (Phi) is 6.17. The van der Waals surface area contributed by atoms with Crippen LogP contribution in [-0.4, -0.2) is 44.7 Å². The summed E-state index contributed by atoms with van der Waals surface area (Å²) in [6, 6.07) is 10.6. The lowest BCUT2D eigenvalue weighted by atomic mass is 9.93. The first-order valence-electron chi connectivity index (χ1n) is 9.07. The van der Waals surface area contributed by atoms with Crippen LogP contribution in [0, 0.1) is 5.92 Å². The first-order chi connectivity index (χ1) is 12.2. The number of carbonyl (C=O) groups is 1. The number of nitrogens with one attached hydrogen (secondary N) is 1. The zero-order valence-corrected chi connectivity index (χ0v) is 14.8. The van der Waals surface area contributed by atoms with Gasteiger partial charge in [0.1, 0.15) is 12.7 Å². The number of aromatic nitrogens is 3. The Hall–Kier alpha value is -2.21. The van der Waals surface area contributed by atoms with Gasteiger partial charge in [-0.3, -0.25) is 14.4 Å². The number of carbonyl (C=O) groups excluding carboxylic acids is 1. The van der Waals surface area contributed by atoms with Gasteiger partial charge in [-0.1, -0.05) is 30.3 Å². The van der Waals surface area contributed by atoms with Crippen molar-refractivity contribution in [3.63, 3.8) is 0 Å². The van der Waals surface area contributed by atoms with Crippen molar-refractivity contribution in [3.05, 3.63) is 48.5 Å². The molecule has 0 saturated carbocycles. The van der Waals surface area contributed by atoms with Crippen molar-refractivity contribution in [2.45, 2.75) is 45.3 Å². The van der Waals surface area contributed by atoms with Crippen LogP contribution in [0.2, 0.25) is 0 Å². The first kappa shape index (κ1) is 17.6. The second-order valence-electron chi connectivity index (χ2n) is 7.00. The Morgan fingerprint density at radius 3 is 2.72 bits per heavy atom. The van der Waals surface area contributed by atoms with Gasteiger partial charge in [0.05, 0.1) is 6.54 Å². The van der Waals surface area contributed by atoms with Gasteiger partial charge in [0.2, 0.25) is 5.91 Å². The molecule has 0 spiro atoms. The van der Waals surface area contributed by atoms with Gasteiger partial charge >= 0.3 is 0 Å². The van der Waals surface area contributed by atoms with Crippen LogP contribution in [0.4, 0.5) is 0 Å². The molecule has 6 nitrogen and oxygen atoms in total. The van der Waals surface area contributed by atoms with E-state index in [0.717, 1.165) is 32.5 Å². The fraction of sp³-hybridized carbons (Fsp3) is 0.526. The smallest absolute Gasteiger partial charge is 0.220 e. The van der Waals surface area contributed by atoms with E-state index in [0.29, 0.717) is 18.9 Å². The van der Waals surface area contributed by atoms with Crippen molar-refractivity contribution >= 4 is 5.91 Å². The largest absolute Gasteiger partial charge is 0.352 e. The molecule has 1 aromatic carbocycles.